The van der Waals surface area contributed by atoms with Crippen molar-refractivity contribution in [2.45, 2.75) is 32.9 Å². The SMILES string of the molecule is CCn1nc2c(c1C#N)-c1cnc(N)c(c1)O[C@H](C)c1cc(F)ccc1N=C(C=CN)C2. The smallest absolute Gasteiger partial charge is 0.166 e. The third kappa shape index (κ3) is 3.78. The Kier molecular flexibility index (Phi) is 5.60. The third-order valence-electron chi connectivity index (χ3n) is 5.23. The summed E-state index contributed by atoms with van der Waals surface area (Å²) in [6, 6.07) is 8.29. The number of nitrogens with two attached hydrogens (primary N) is 2. The molecule has 1 aliphatic rings. The number of pyridine rings is 1. The summed E-state index contributed by atoms with van der Waals surface area (Å²) in [5, 5.41) is 14.5. The molecule has 1 aliphatic heterocycles. The second-order valence-electron chi connectivity index (χ2n) is 7.31. The average molecular weight is 431 g/mol. The van der Waals surface area contributed by atoms with Gasteiger partial charge in [-0.3, -0.25) is 9.67 Å². The third-order valence-corrected chi connectivity index (χ3v) is 5.23. The molecule has 0 unspecified atom stereocenters. The minimum Gasteiger partial charge on any atom is -0.482 e. The van der Waals surface area contributed by atoms with Gasteiger partial charge < -0.3 is 16.2 Å². The van der Waals surface area contributed by atoms with Crippen LogP contribution in [0.5, 0.6) is 5.75 Å². The molecule has 0 spiro atoms. The first-order chi connectivity index (χ1) is 15.4. The number of aryl methyl sites for hydroxylation is 1. The Morgan fingerprint density at radius 2 is 2.19 bits per heavy atom. The number of allylic oxidation sites excluding steroid dienone is 1. The molecule has 3 aromatic rings. The molecule has 162 valence electrons. The van der Waals surface area contributed by atoms with E-state index >= 15 is 0 Å². The summed E-state index contributed by atoms with van der Waals surface area (Å²) in [7, 11) is 0. The van der Waals surface area contributed by atoms with E-state index in [0.717, 1.165) is 0 Å². The monoisotopic (exact) mass is 431 g/mol. The number of aromatic nitrogens is 3. The van der Waals surface area contributed by atoms with E-state index in [0.29, 0.717) is 58.2 Å². The van der Waals surface area contributed by atoms with Gasteiger partial charge in [-0.25, -0.2) is 9.37 Å². The van der Waals surface area contributed by atoms with E-state index in [-0.39, 0.29) is 5.82 Å². The Hall–Kier alpha value is -4.19. The quantitative estimate of drug-likeness (QED) is 0.635. The lowest BCUT2D eigenvalue weighted by Crippen LogP contribution is -2.09. The van der Waals surface area contributed by atoms with Crippen molar-refractivity contribution < 1.29 is 9.13 Å². The number of benzene rings is 1. The van der Waals surface area contributed by atoms with Gasteiger partial charge in [0.25, 0.3) is 0 Å². The van der Waals surface area contributed by atoms with Crippen LogP contribution in [0.3, 0.4) is 0 Å². The van der Waals surface area contributed by atoms with E-state index in [2.05, 4.69) is 16.2 Å². The average Bonchev–Trinajstić information content (AvgIpc) is 3.13. The van der Waals surface area contributed by atoms with E-state index in [1.165, 1.54) is 18.3 Å². The second-order valence-corrected chi connectivity index (χ2v) is 7.31. The van der Waals surface area contributed by atoms with Crippen molar-refractivity contribution in [1.29, 1.82) is 5.26 Å². The molecular formula is C23H22FN7O. The molecule has 0 radical (unpaired) electrons. The van der Waals surface area contributed by atoms with Crippen LogP contribution >= 0.6 is 0 Å². The first-order valence-corrected chi connectivity index (χ1v) is 10.1. The van der Waals surface area contributed by atoms with Crippen LogP contribution < -0.4 is 16.2 Å². The molecule has 0 saturated carbocycles. The molecule has 3 heterocycles. The normalized spacial score (nSPS) is 15.6. The van der Waals surface area contributed by atoms with E-state index in [1.54, 1.807) is 36.0 Å². The highest BCUT2D eigenvalue weighted by atomic mass is 19.1. The lowest BCUT2D eigenvalue weighted by molar-refractivity contribution is 0.228. The Balaban J connectivity index is 2.03. The van der Waals surface area contributed by atoms with Crippen molar-refractivity contribution in [3.05, 3.63) is 65.5 Å². The van der Waals surface area contributed by atoms with Crippen LogP contribution in [0.2, 0.25) is 0 Å². The molecule has 0 fully saturated rings. The molecule has 9 heteroatoms. The molecule has 8 nitrogen and oxygen atoms in total. The van der Waals surface area contributed by atoms with Crippen LogP contribution in [0, 0.1) is 17.1 Å². The number of nitriles is 1. The van der Waals surface area contributed by atoms with E-state index in [4.69, 9.17) is 21.2 Å². The van der Waals surface area contributed by atoms with Crippen molar-refractivity contribution in [1.82, 2.24) is 14.8 Å². The molecule has 1 aromatic carbocycles. The number of nitrogens with zero attached hydrogens (tertiary/aromatic N) is 5. The highest BCUT2D eigenvalue weighted by Crippen LogP contribution is 2.37. The number of fused-ring (bicyclic) bond motifs is 5. The number of hydrogen-bond donors (Lipinski definition) is 2. The summed E-state index contributed by atoms with van der Waals surface area (Å²) in [5.74, 6) is 0.115. The molecule has 0 amide bonds. The number of nitrogen functional groups attached to an aromatic ring is 1. The van der Waals surface area contributed by atoms with E-state index in [9.17, 15) is 9.65 Å². The van der Waals surface area contributed by atoms with Crippen LogP contribution in [0.4, 0.5) is 15.9 Å². The number of aliphatic imine (C=N–C) groups is 1. The fourth-order valence-corrected chi connectivity index (χ4v) is 3.75. The predicted octanol–water partition coefficient (Wildman–Crippen LogP) is 3.80. The number of rotatable bonds is 2. The van der Waals surface area contributed by atoms with Crippen LogP contribution in [0.25, 0.3) is 11.1 Å². The van der Waals surface area contributed by atoms with Crippen LogP contribution in [-0.2, 0) is 13.0 Å². The number of hydrogen-bond acceptors (Lipinski definition) is 7. The van der Waals surface area contributed by atoms with Gasteiger partial charge in [-0.1, -0.05) is 0 Å². The van der Waals surface area contributed by atoms with Gasteiger partial charge in [0, 0.05) is 41.6 Å². The predicted molar refractivity (Wildman–Crippen MR) is 120 cm³/mol. The maximum absolute atomic E-state index is 14.1. The van der Waals surface area contributed by atoms with Gasteiger partial charge in [0.1, 0.15) is 23.7 Å². The number of ether oxygens (including phenoxy) is 1. The van der Waals surface area contributed by atoms with Gasteiger partial charge in [0.15, 0.2) is 11.6 Å². The van der Waals surface area contributed by atoms with Gasteiger partial charge in [-0.15, -0.1) is 0 Å². The van der Waals surface area contributed by atoms with E-state index < -0.39 is 11.9 Å². The fourth-order valence-electron chi connectivity index (χ4n) is 3.75. The topological polar surface area (TPSA) is 128 Å². The maximum Gasteiger partial charge on any atom is 0.166 e. The zero-order valence-corrected chi connectivity index (χ0v) is 17.7. The summed E-state index contributed by atoms with van der Waals surface area (Å²) < 4.78 is 21.8. The maximum atomic E-state index is 14.1. The molecule has 1 atom stereocenters. The first kappa shape index (κ1) is 21.1. The molecule has 2 aromatic heterocycles. The number of halogens is 1. The largest absolute Gasteiger partial charge is 0.482 e. The molecule has 2 bridgehead atoms. The highest BCUT2D eigenvalue weighted by molar-refractivity contribution is 5.99. The Bertz CT molecular complexity index is 1290. The minimum atomic E-state index is -0.570. The summed E-state index contributed by atoms with van der Waals surface area (Å²) in [5.41, 5.74) is 15.7. The highest BCUT2D eigenvalue weighted by Gasteiger charge is 2.23. The van der Waals surface area contributed by atoms with Gasteiger partial charge in [-0.05, 0) is 50.4 Å². The Morgan fingerprint density at radius 3 is 2.91 bits per heavy atom. The van der Waals surface area contributed by atoms with Crippen LogP contribution in [0.1, 0.15) is 36.9 Å². The van der Waals surface area contributed by atoms with Crippen molar-refractivity contribution in [2.24, 2.45) is 10.7 Å². The second kappa shape index (κ2) is 8.51. The summed E-state index contributed by atoms with van der Waals surface area (Å²) >= 11 is 0. The fraction of sp³-hybridized carbons (Fsp3) is 0.217. The van der Waals surface area contributed by atoms with Crippen molar-refractivity contribution in [3.8, 4) is 22.9 Å². The van der Waals surface area contributed by atoms with Crippen LogP contribution in [-0.4, -0.2) is 20.5 Å². The number of anilines is 1. The molecule has 4 rings (SSSR count). The van der Waals surface area contributed by atoms with Gasteiger partial charge in [0.05, 0.1) is 11.4 Å². The molecule has 0 saturated heterocycles. The lowest BCUT2D eigenvalue weighted by atomic mass is 10.0. The zero-order valence-electron chi connectivity index (χ0n) is 17.7. The zero-order chi connectivity index (χ0) is 22.8. The van der Waals surface area contributed by atoms with Crippen LogP contribution in [0.15, 0.2) is 47.7 Å². The standard InChI is InChI=1S/C23H22FN7O/c1-3-31-20(11-26)22-14-8-21(23(27)28-12-14)32-13(2)17-9-15(24)4-5-18(17)29-16(6-7-25)10-19(22)30-31/h4-9,12-13H,3,10,25H2,1-2H3,(H2,27,28)/t13-/m1/s1. The Morgan fingerprint density at radius 1 is 1.38 bits per heavy atom. The van der Waals surface area contributed by atoms with Crippen molar-refractivity contribution in [2.75, 3.05) is 5.73 Å². The lowest BCUT2D eigenvalue weighted by Gasteiger charge is -2.19. The Labute approximate surface area is 184 Å². The minimum absolute atomic E-state index is 0.189. The molecule has 32 heavy (non-hydrogen) atoms. The van der Waals surface area contributed by atoms with Crippen molar-refractivity contribution in [3.63, 3.8) is 0 Å². The molecular weight excluding hydrogens is 409 g/mol. The van der Waals surface area contributed by atoms with Gasteiger partial charge >= 0.3 is 0 Å². The summed E-state index contributed by atoms with van der Waals surface area (Å²) in [6.45, 7) is 4.21. The van der Waals surface area contributed by atoms with Gasteiger partial charge in [0.2, 0.25) is 0 Å². The van der Waals surface area contributed by atoms with E-state index in [1.807, 2.05) is 6.92 Å². The van der Waals surface area contributed by atoms with Crippen molar-refractivity contribution >= 4 is 17.2 Å². The first-order valence-electron chi connectivity index (χ1n) is 10.1. The summed E-state index contributed by atoms with van der Waals surface area (Å²) in [6.07, 6.45) is 4.37. The summed E-state index contributed by atoms with van der Waals surface area (Å²) in [4.78, 5) is 9.00. The molecule has 0 aliphatic carbocycles. The molecule has 4 N–H and O–H groups in total. The van der Waals surface area contributed by atoms with Gasteiger partial charge in [-0.2, -0.15) is 10.4 Å².